The van der Waals surface area contributed by atoms with Crippen LogP contribution in [0.3, 0.4) is 0 Å². The highest BCUT2D eigenvalue weighted by molar-refractivity contribution is 14.0. The zero-order valence-electron chi connectivity index (χ0n) is 15.8. The molecule has 0 bridgehead atoms. The molecule has 2 rings (SSSR count). The molecule has 1 heterocycles. The van der Waals surface area contributed by atoms with Crippen LogP contribution in [0.2, 0.25) is 0 Å². The van der Waals surface area contributed by atoms with Crippen LogP contribution < -0.4 is 10.1 Å². The fourth-order valence-electron chi connectivity index (χ4n) is 2.46. The summed E-state index contributed by atoms with van der Waals surface area (Å²) in [5.74, 6) is 1.80. The fourth-order valence-corrected chi connectivity index (χ4v) is 2.46. The number of rotatable bonds is 8. The van der Waals surface area contributed by atoms with Gasteiger partial charge in [0.15, 0.2) is 5.96 Å². The van der Waals surface area contributed by atoms with E-state index in [9.17, 15) is 0 Å². The van der Waals surface area contributed by atoms with Crippen LogP contribution in [0, 0.1) is 6.92 Å². The first kappa shape index (κ1) is 22.2. The third-order valence-corrected chi connectivity index (χ3v) is 3.91. The van der Waals surface area contributed by atoms with Gasteiger partial charge in [0.25, 0.3) is 0 Å². The van der Waals surface area contributed by atoms with Gasteiger partial charge in [-0.2, -0.15) is 0 Å². The van der Waals surface area contributed by atoms with E-state index in [4.69, 9.17) is 9.73 Å². The minimum absolute atomic E-state index is 0. The lowest BCUT2D eigenvalue weighted by Gasteiger charge is -2.22. The second-order valence-corrected chi connectivity index (χ2v) is 5.87. The SMILES string of the molecule is CCNC(=NCCc1ccncc1C)N(C)CCOc1ccccc1.I. The number of nitrogens with one attached hydrogen (secondary N) is 1. The lowest BCUT2D eigenvalue weighted by Crippen LogP contribution is -2.41. The Morgan fingerprint density at radius 3 is 2.69 bits per heavy atom. The van der Waals surface area contributed by atoms with Crippen molar-refractivity contribution in [3.8, 4) is 5.75 Å². The van der Waals surface area contributed by atoms with Gasteiger partial charge in [0.1, 0.15) is 12.4 Å². The maximum Gasteiger partial charge on any atom is 0.193 e. The number of aliphatic imine (C=N–C) groups is 1. The Balaban J connectivity index is 0.00000338. The lowest BCUT2D eigenvalue weighted by atomic mass is 10.1. The quantitative estimate of drug-likeness (QED) is 0.366. The molecule has 0 fully saturated rings. The van der Waals surface area contributed by atoms with E-state index >= 15 is 0 Å². The summed E-state index contributed by atoms with van der Waals surface area (Å²) in [4.78, 5) is 11.0. The van der Waals surface area contributed by atoms with Gasteiger partial charge in [-0.05, 0) is 49.6 Å². The summed E-state index contributed by atoms with van der Waals surface area (Å²) in [5.41, 5.74) is 2.51. The van der Waals surface area contributed by atoms with Gasteiger partial charge in [-0.25, -0.2) is 0 Å². The Kier molecular flexibility index (Phi) is 10.7. The second-order valence-electron chi connectivity index (χ2n) is 5.87. The van der Waals surface area contributed by atoms with E-state index in [1.54, 1.807) is 0 Å². The van der Waals surface area contributed by atoms with Gasteiger partial charge in [0, 0.05) is 32.5 Å². The van der Waals surface area contributed by atoms with Crippen molar-refractivity contribution in [2.45, 2.75) is 20.3 Å². The van der Waals surface area contributed by atoms with Crippen molar-refractivity contribution >= 4 is 29.9 Å². The van der Waals surface area contributed by atoms with E-state index in [0.717, 1.165) is 37.8 Å². The Bertz CT molecular complexity index is 664. The maximum absolute atomic E-state index is 5.76. The fraction of sp³-hybridized carbons (Fsp3) is 0.400. The highest BCUT2D eigenvalue weighted by Gasteiger charge is 2.06. The normalized spacial score (nSPS) is 10.8. The predicted molar refractivity (Wildman–Crippen MR) is 119 cm³/mol. The topological polar surface area (TPSA) is 49.8 Å². The minimum atomic E-state index is 0. The molecule has 0 atom stereocenters. The van der Waals surface area contributed by atoms with E-state index in [2.05, 4.69) is 35.1 Å². The van der Waals surface area contributed by atoms with Crippen molar-refractivity contribution in [2.75, 3.05) is 33.3 Å². The zero-order chi connectivity index (χ0) is 17.9. The molecule has 0 aliphatic carbocycles. The van der Waals surface area contributed by atoms with E-state index < -0.39 is 0 Å². The van der Waals surface area contributed by atoms with Gasteiger partial charge in [-0.3, -0.25) is 9.98 Å². The Morgan fingerprint density at radius 2 is 2.00 bits per heavy atom. The summed E-state index contributed by atoms with van der Waals surface area (Å²) in [5, 5.41) is 3.34. The first-order valence-electron chi connectivity index (χ1n) is 8.77. The predicted octanol–water partition coefficient (Wildman–Crippen LogP) is 3.53. The van der Waals surface area contributed by atoms with E-state index in [0.29, 0.717) is 6.61 Å². The number of nitrogens with zero attached hydrogens (tertiary/aromatic N) is 3. The summed E-state index contributed by atoms with van der Waals surface area (Å²) >= 11 is 0. The average molecular weight is 468 g/mol. The van der Waals surface area contributed by atoms with Gasteiger partial charge in [-0.1, -0.05) is 18.2 Å². The summed E-state index contributed by atoms with van der Waals surface area (Å²) in [6, 6.07) is 11.9. The molecule has 1 N–H and O–H groups in total. The molecule has 6 heteroatoms. The summed E-state index contributed by atoms with van der Waals surface area (Å²) in [6.07, 6.45) is 4.65. The van der Waals surface area contributed by atoms with Crippen LogP contribution in [0.15, 0.2) is 53.8 Å². The molecule has 0 spiro atoms. The molecule has 0 amide bonds. The number of pyridine rings is 1. The molecule has 0 aliphatic rings. The Hall–Kier alpha value is -1.83. The van der Waals surface area contributed by atoms with Crippen LogP contribution in [0.25, 0.3) is 0 Å². The van der Waals surface area contributed by atoms with Crippen LogP contribution in [0.1, 0.15) is 18.1 Å². The second kappa shape index (κ2) is 12.5. The largest absolute Gasteiger partial charge is 0.492 e. The van der Waals surface area contributed by atoms with Crippen molar-refractivity contribution in [3.05, 3.63) is 59.9 Å². The van der Waals surface area contributed by atoms with Gasteiger partial charge in [0.2, 0.25) is 0 Å². The van der Waals surface area contributed by atoms with Gasteiger partial charge < -0.3 is 15.0 Å². The number of ether oxygens (including phenoxy) is 1. The highest BCUT2D eigenvalue weighted by Crippen LogP contribution is 2.08. The summed E-state index contributed by atoms with van der Waals surface area (Å²) < 4.78 is 5.76. The number of guanidine groups is 1. The number of halogens is 1. The standard InChI is InChI=1S/C20H28N4O.HI/c1-4-22-20(23-13-11-18-10-12-21-16-17(18)2)24(3)14-15-25-19-8-6-5-7-9-19;/h5-10,12,16H,4,11,13-15H2,1-3H3,(H,22,23);1H. The van der Waals surface area contributed by atoms with E-state index in [1.165, 1.54) is 11.1 Å². The van der Waals surface area contributed by atoms with Crippen LogP contribution in [-0.2, 0) is 6.42 Å². The minimum Gasteiger partial charge on any atom is -0.492 e. The molecule has 26 heavy (non-hydrogen) atoms. The average Bonchev–Trinajstić information content (AvgIpc) is 2.63. The molecular formula is C20H29IN4O. The third-order valence-electron chi connectivity index (χ3n) is 3.91. The molecule has 142 valence electrons. The monoisotopic (exact) mass is 468 g/mol. The first-order valence-corrected chi connectivity index (χ1v) is 8.77. The number of benzene rings is 1. The first-order chi connectivity index (χ1) is 12.2. The number of aryl methyl sites for hydroxylation is 1. The molecule has 0 unspecified atom stereocenters. The number of hydrogen-bond donors (Lipinski definition) is 1. The van der Waals surface area contributed by atoms with E-state index in [1.807, 2.05) is 49.8 Å². The molecule has 2 aromatic rings. The van der Waals surface area contributed by atoms with Gasteiger partial charge >= 0.3 is 0 Å². The van der Waals surface area contributed by atoms with Crippen LogP contribution >= 0.6 is 24.0 Å². The summed E-state index contributed by atoms with van der Waals surface area (Å²) in [7, 11) is 2.04. The van der Waals surface area contributed by atoms with Crippen molar-refractivity contribution in [1.82, 2.24) is 15.2 Å². The van der Waals surface area contributed by atoms with Crippen LogP contribution in [-0.4, -0.2) is 49.1 Å². The summed E-state index contributed by atoms with van der Waals surface area (Å²) in [6.45, 7) is 7.15. The third kappa shape index (κ3) is 7.59. The molecular weight excluding hydrogens is 439 g/mol. The number of aromatic nitrogens is 1. The van der Waals surface area contributed by atoms with Crippen molar-refractivity contribution in [1.29, 1.82) is 0 Å². The van der Waals surface area contributed by atoms with Crippen LogP contribution in [0.5, 0.6) is 5.75 Å². The molecule has 1 aromatic carbocycles. The highest BCUT2D eigenvalue weighted by atomic mass is 127. The number of para-hydroxylation sites is 1. The Morgan fingerprint density at radius 1 is 1.23 bits per heavy atom. The lowest BCUT2D eigenvalue weighted by molar-refractivity contribution is 0.281. The van der Waals surface area contributed by atoms with Gasteiger partial charge in [-0.15, -0.1) is 24.0 Å². The number of likely N-dealkylation sites (N-methyl/N-ethyl adjacent to an activating group) is 1. The van der Waals surface area contributed by atoms with Crippen LogP contribution in [0.4, 0.5) is 0 Å². The van der Waals surface area contributed by atoms with E-state index in [-0.39, 0.29) is 24.0 Å². The smallest absolute Gasteiger partial charge is 0.193 e. The molecule has 0 aliphatic heterocycles. The van der Waals surface area contributed by atoms with Crippen molar-refractivity contribution in [3.63, 3.8) is 0 Å². The molecule has 0 saturated carbocycles. The molecule has 0 radical (unpaired) electrons. The molecule has 1 aromatic heterocycles. The Labute approximate surface area is 173 Å². The van der Waals surface area contributed by atoms with Crippen molar-refractivity contribution < 1.29 is 4.74 Å². The maximum atomic E-state index is 5.76. The molecule has 5 nitrogen and oxygen atoms in total. The van der Waals surface area contributed by atoms with Crippen molar-refractivity contribution in [2.24, 2.45) is 4.99 Å². The number of hydrogen-bond acceptors (Lipinski definition) is 3. The zero-order valence-corrected chi connectivity index (χ0v) is 18.1. The van der Waals surface area contributed by atoms with Gasteiger partial charge in [0.05, 0.1) is 6.54 Å². The molecule has 0 saturated heterocycles.